The van der Waals surface area contributed by atoms with Crippen molar-refractivity contribution in [1.82, 2.24) is 9.38 Å². The van der Waals surface area contributed by atoms with Gasteiger partial charge in [-0.1, -0.05) is 18.2 Å². The number of rotatable bonds is 3. The molecule has 0 radical (unpaired) electrons. The van der Waals surface area contributed by atoms with Crippen LogP contribution in [0.4, 0.5) is 0 Å². The second kappa shape index (κ2) is 4.66. The molecule has 0 saturated heterocycles. The van der Waals surface area contributed by atoms with E-state index in [9.17, 15) is 5.11 Å². The zero-order valence-electron chi connectivity index (χ0n) is 11.5. The van der Waals surface area contributed by atoms with Gasteiger partial charge < -0.3 is 5.11 Å². The van der Waals surface area contributed by atoms with Crippen LogP contribution in [0.3, 0.4) is 0 Å². The molecule has 3 nitrogen and oxygen atoms in total. The number of fused-ring (bicyclic) bond motifs is 2. The molecule has 4 aromatic rings. The summed E-state index contributed by atoms with van der Waals surface area (Å²) in [6, 6.07) is 10.3. The summed E-state index contributed by atoms with van der Waals surface area (Å²) in [6.45, 7) is 1.87. The summed E-state index contributed by atoms with van der Waals surface area (Å²) < 4.78 is 3.21. The topological polar surface area (TPSA) is 37.5 Å². The van der Waals surface area contributed by atoms with Crippen LogP contribution in [0.15, 0.2) is 48.1 Å². The van der Waals surface area contributed by atoms with Crippen molar-refractivity contribution in [3.8, 4) is 0 Å². The van der Waals surface area contributed by atoms with Crippen LogP contribution < -0.4 is 0 Å². The van der Waals surface area contributed by atoms with Gasteiger partial charge in [-0.25, -0.2) is 4.98 Å². The molecule has 1 aromatic carbocycles. The van der Waals surface area contributed by atoms with Crippen LogP contribution in [0, 0.1) is 0 Å². The van der Waals surface area contributed by atoms with Gasteiger partial charge in [0.15, 0.2) is 4.96 Å². The molecule has 0 spiro atoms. The molecular weight excluding hydrogens is 300 g/mol. The average molecular weight is 314 g/mol. The lowest BCUT2D eigenvalue weighted by molar-refractivity contribution is 0.0607. The molecule has 106 valence electrons. The van der Waals surface area contributed by atoms with E-state index in [4.69, 9.17) is 0 Å². The molecule has 0 amide bonds. The Bertz CT molecular complexity index is 855. The molecule has 21 heavy (non-hydrogen) atoms. The van der Waals surface area contributed by atoms with Gasteiger partial charge in [0.05, 0.1) is 5.69 Å². The van der Waals surface area contributed by atoms with Crippen molar-refractivity contribution in [1.29, 1.82) is 0 Å². The standard InChI is InChI=1S/C16H14N2OS2/c1-16(19,9-12-10-18-6-7-20-15(18)17-12)14-8-11-4-2-3-5-13(11)21-14/h2-8,10,19H,9H2,1H3. The first kappa shape index (κ1) is 13.0. The summed E-state index contributed by atoms with van der Waals surface area (Å²) in [7, 11) is 0. The van der Waals surface area contributed by atoms with Crippen LogP contribution in [-0.2, 0) is 12.0 Å². The minimum Gasteiger partial charge on any atom is -0.384 e. The number of aromatic nitrogens is 2. The van der Waals surface area contributed by atoms with Crippen molar-refractivity contribution in [3.05, 3.63) is 58.7 Å². The monoisotopic (exact) mass is 314 g/mol. The van der Waals surface area contributed by atoms with Crippen molar-refractivity contribution in [3.63, 3.8) is 0 Å². The van der Waals surface area contributed by atoms with Crippen molar-refractivity contribution < 1.29 is 5.11 Å². The molecule has 0 fully saturated rings. The van der Waals surface area contributed by atoms with Crippen LogP contribution in [0.25, 0.3) is 15.0 Å². The number of benzene rings is 1. The van der Waals surface area contributed by atoms with Crippen molar-refractivity contribution in [2.45, 2.75) is 18.9 Å². The van der Waals surface area contributed by atoms with Crippen LogP contribution >= 0.6 is 22.7 Å². The highest BCUT2D eigenvalue weighted by Gasteiger charge is 2.27. The lowest BCUT2D eigenvalue weighted by Crippen LogP contribution is -2.23. The van der Waals surface area contributed by atoms with Gasteiger partial charge in [-0.3, -0.25) is 4.40 Å². The third-order valence-corrected chi connectivity index (χ3v) is 5.76. The first-order chi connectivity index (χ1) is 10.1. The lowest BCUT2D eigenvalue weighted by atomic mass is 9.98. The summed E-state index contributed by atoms with van der Waals surface area (Å²) in [5.74, 6) is 0. The number of aliphatic hydroxyl groups is 1. The third kappa shape index (κ3) is 2.27. The molecule has 0 bridgehead atoms. The molecule has 4 rings (SSSR count). The zero-order valence-corrected chi connectivity index (χ0v) is 13.1. The molecule has 1 unspecified atom stereocenters. The normalized spacial score (nSPS) is 14.8. The predicted octanol–water partition coefficient (Wildman–Crippen LogP) is 4.06. The summed E-state index contributed by atoms with van der Waals surface area (Å²) in [6.07, 6.45) is 4.51. The second-order valence-electron chi connectivity index (χ2n) is 5.42. The van der Waals surface area contributed by atoms with Gasteiger partial charge in [0, 0.05) is 33.8 Å². The maximum atomic E-state index is 10.9. The molecule has 0 aliphatic heterocycles. The van der Waals surface area contributed by atoms with Crippen molar-refractivity contribution >= 4 is 37.7 Å². The van der Waals surface area contributed by atoms with Gasteiger partial charge in [0.2, 0.25) is 0 Å². The van der Waals surface area contributed by atoms with Crippen molar-refractivity contribution in [2.75, 3.05) is 0 Å². The van der Waals surface area contributed by atoms with Crippen LogP contribution in [0.1, 0.15) is 17.5 Å². The van der Waals surface area contributed by atoms with Gasteiger partial charge in [-0.05, 0) is 24.4 Å². The summed E-state index contributed by atoms with van der Waals surface area (Å²) in [5.41, 5.74) is 0.0255. The number of thiazole rings is 1. The molecule has 3 heterocycles. The van der Waals surface area contributed by atoms with Gasteiger partial charge in [0.1, 0.15) is 5.60 Å². The van der Waals surface area contributed by atoms with E-state index in [1.807, 2.05) is 41.2 Å². The first-order valence-corrected chi connectivity index (χ1v) is 8.44. The second-order valence-corrected chi connectivity index (χ2v) is 7.38. The summed E-state index contributed by atoms with van der Waals surface area (Å²) >= 11 is 3.26. The molecule has 0 aliphatic carbocycles. The Morgan fingerprint density at radius 2 is 2.19 bits per heavy atom. The fourth-order valence-electron chi connectivity index (χ4n) is 2.55. The lowest BCUT2D eigenvalue weighted by Gasteiger charge is -2.20. The van der Waals surface area contributed by atoms with E-state index in [0.717, 1.165) is 15.5 Å². The molecule has 0 aliphatic rings. The largest absolute Gasteiger partial charge is 0.384 e. The Balaban J connectivity index is 1.69. The highest BCUT2D eigenvalue weighted by atomic mass is 32.1. The van der Waals surface area contributed by atoms with E-state index in [1.165, 1.54) is 10.1 Å². The number of hydrogen-bond donors (Lipinski definition) is 1. The maximum absolute atomic E-state index is 10.9. The number of imidazole rings is 1. The Morgan fingerprint density at radius 1 is 1.33 bits per heavy atom. The Morgan fingerprint density at radius 3 is 3.00 bits per heavy atom. The first-order valence-electron chi connectivity index (χ1n) is 6.74. The van der Waals surface area contributed by atoms with Gasteiger partial charge >= 0.3 is 0 Å². The minimum atomic E-state index is -0.895. The summed E-state index contributed by atoms with van der Waals surface area (Å²) in [5, 5.41) is 14.1. The quantitative estimate of drug-likeness (QED) is 0.619. The fraction of sp³-hybridized carbons (Fsp3) is 0.188. The SMILES string of the molecule is CC(O)(Cc1cn2ccsc2n1)c1cc2ccccc2s1. The Labute approximate surface area is 130 Å². The summed E-state index contributed by atoms with van der Waals surface area (Å²) in [4.78, 5) is 6.52. The van der Waals surface area contributed by atoms with Gasteiger partial charge in [0.25, 0.3) is 0 Å². The Hall–Kier alpha value is -1.69. The van der Waals surface area contributed by atoms with Crippen LogP contribution in [-0.4, -0.2) is 14.5 Å². The number of thiophene rings is 1. The molecule has 3 aromatic heterocycles. The van der Waals surface area contributed by atoms with E-state index in [0.29, 0.717) is 6.42 Å². The number of nitrogens with zero attached hydrogens (tertiary/aromatic N) is 2. The van der Waals surface area contributed by atoms with E-state index in [-0.39, 0.29) is 0 Å². The van der Waals surface area contributed by atoms with E-state index >= 15 is 0 Å². The van der Waals surface area contributed by atoms with Gasteiger partial charge in [-0.15, -0.1) is 22.7 Å². The molecule has 1 N–H and O–H groups in total. The highest BCUT2D eigenvalue weighted by Crippen LogP contribution is 2.35. The smallest absolute Gasteiger partial charge is 0.193 e. The third-order valence-electron chi connectivity index (χ3n) is 3.62. The van der Waals surface area contributed by atoms with E-state index in [1.54, 1.807) is 22.7 Å². The predicted molar refractivity (Wildman–Crippen MR) is 88.2 cm³/mol. The Kier molecular flexibility index (Phi) is 2.89. The molecule has 0 saturated carbocycles. The van der Waals surface area contributed by atoms with Crippen LogP contribution in [0.5, 0.6) is 0 Å². The van der Waals surface area contributed by atoms with Crippen LogP contribution in [0.2, 0.25) is 0 Å². The average Bonchev–Trinajstić information content (AvgIpc) is 3.10. The maximum Gasteiger partial charge on any atom is 0.193 e. The van der Waals surface area contributed by atoms with E-state index in [2.05, 4.69) is 23.2 Å². The molecule has 1 atom stereocenters. The zero-order chi connectivity index (χ0) is 14.4. The number of hydrogen-bond acceptors (Lipinski definition) is 4. The highest BCUT2D eigenvalue weighted by molar-refractivity contribution is 7.19. The van der Waals surface area contributed by atoms with Gasteiger partial charge in [-0.2, -0.15) is 0 Å². The molecule has 5 heteroatoms. The van der Waals surface area contributed by atoms with E-state index < -0.39 is 5.60 Å². The van der Waals surface area contributed by atoms with Crippen molar-refractivity contribution in [2.24, 2.45) is 0 Å². The molecular formula is C16H14N2OS2. The minimum absolute atomic E-state index is 0.522. The fourth-order valence-corrected chi connectivity index (χ4v) is 4.37.